The highest BCUT2D eigenvalue weighted by Gasteiger charge is 2.41. The van der Waals surface area contributed by atoms with E-state index in [9.17, 15) is 27.6 Å². The maximum atomic E-state index is 15.5. The molecule has 2 fully saturated rings. The Morgan fingerprint density at radius 2 is 1.55 bits per heavy atom. The van der Waals surface area contributed by atoms with Gasteiger partial charge < -0.3 is 20.5 Å². The number of rotatable bonds is 14. The number of benzene rings is 1. The summed E-state index contributed by atoms with van der Waals surface area (Å²) in [5.74, 6) is -3.77. The molecule has 3 N–H and O–H groups in total. The smallest absolute Gasteiger partial charge is 0.287 e. The van der Waals surface area contributed by atoms with Gasteiger partial charge >= 0.3 is 0 Å². The van der Waals surface area contributed by atoms with Crippen molar-refractivity contribution in [1.82, 2.24) is 30.0 Å². The van der Waals surface area contributed by atoms with Gasteiger partial charge in [-0.15, -0.1) is 0 Å². The second-order valence-electron chi connectivity index (χ2n) is 13.3. The highest BCUT2D eigenvalue weighted by atomic mass is 19.3. The molecule has 3 atom stereocenters. The molecule has 2 aliphatic carbocycles. The molecule has 10 nitrogen and oxygen atoms in total. The van der Waals surface area contributed by atoms with Gasteiger partial charge in [0, 0.05) is 25.1 Å². The zero-order valence-corrected chi connectivity index (χ0v) is 27.7. The maximum absolute atomic E-state index is 15.5. The summed E-state index contributed by atoms with van der Waals surface area (Å²) >= 11 is 0. The van der Waals surface area contributed by atoms with Gasteiger partial charge in [-0.3, -0.25) is 19.1 Å². The monoisotopic (exact) mass is 687 g/mol. The summed E-state index contributed by atoms with van der Waals surface area (Å²) in [5.41, 5.74) is 0.257. The minimum Gasteiger partial charge on any atom is -0.339 e. The first-order valence-electron chi connectivity index (χ1n) is 17.2. The van der Waals surface area contributed by atoms with Crippen LogP contribution < -0.4 is 16.0 Å². The molecule has 0 saturated heterocycles. The fourth-order valence-electron chi connectivity index (χ4n) is 7.44. The van der Waals surface area contributed by atoms with Crippen molar-refractivity contribution in [1.29, 1.82) is 0 Å². The number of hydrogen-bond donors (Lipinski definition) is 3. The molecule has 2 aliphatic rings. The molecule has 2 aromatic heterocycles. The minimum atomic E-state index is -3.40. The van der Waals surface area contributed by atoms with Crippen LogP contribution in [0.3, 0.4) is 0 Å². The van der Waals surface area contributed by atoms with E-state index in [2.05, 4.69) is 20.7 Å². The summed E-state index contributed by atoms with van der Waals surface area (Å²) in [5, 5.41) is 11.7. The summed E-state index contributed by atoms with van der Waals surface area (Å²) in [7, 11) is 0. The van der Waals surface area contributed by atoms with Crippen LogP contribution in [0.5, 0.6) is 0 Å². The average molecular weight is 688 g/mol. The first kappa shape index (κ1) is 36.1. The number of imidazole rings is 1. The number of nitrogens with zero attached hydrogens (tertiary/aromatic N) is 4. The third kappa shape index (κ3) is 9.27. The van der Waals surface area contributed by atoms with E-state index >= 15 is 4.39 Å². The molecule has 2 heterocycles. The number of halogens is 4. The van der Waals surface area contributed by atoms with Gasteiger partial charge in [-0.25, -0.2) is 22.5 Å². The Morgan fingerprint density at radius 3 is 2.14 bits per heavy atom. The lowest BCUT2D eigenvalue weighted by atomic mass is 9.66. The van der Waals surface area contributed by atoms with E-state index in [1.54, 1.807) is 28.6 Å². The van der Waals surface area contributed by atoms with Crippen LogP contribution in [-0.2, 0) is 22.7 Å². The molecule has 49 heavy (non-hydrogen) atoms. The van der Waals surface area contributed by atoms with Crippen molar-refractivity contribution in [2.45, 2.75) is 109 Å². The van der Waals surface area contributed by atoms with Crippen molar-refractivity contribution in [3.8, 4) is 0 Å². The van der Waals surface area contributed by atoms with Gasteiger partial charge in [0.05, 0.1) is 24.5 Å². The Balaban J connectivity index is 1.39. The van der Waals surface area contributed by atoms with Crippen LogP contribution in [0.4, 0.5) is 23.2 Å². The predicted molar refractivity (Wildman–Crippen MR) is 175 cm³/mol. The Morgan fingerprint density at radius 1 is 0.878 bits per heavy atom. The molecule has 5 rings (SSSR count). The van der Waals surface area contributed by atoms with Crippen molar-refractivity contribution in [3.63, 3.8) is 0 Å². The first-order valence-corrected chi connectivity index (χ1v) is 17.2. The number of hydrogen-bond acceptors (Lipinski definition) is 5. The van der Waals surface area contributed by atoms with Crippen molar-refractivity contribution in [2.24, 2.45) is 17.8 Å². The van der Waals surface area contributed by atoms with Gasteiger partial charge in [0.15, 0.2) is 0 Å². The van der Waals surface area contributed by atoms with Crippen LogP contribution in [0.2, 0.25) is 0 Å². The molecule has 266 valence electrons. The minimum absolute atomic E-state index is 0.116. The lowest BCUT2D eigenvalue weighted by molar-refractivity contribution is -0.126. The summed E-state index contributed by atoms with van der Waals surface area (Å²) in [6, 6.07) is 4.32. The molecule has 0 radical (unpaired) electrons. The van der Waals surface area contributed by atoms with Crippen LogP contribution >= 0.6 is 0 Å². The summed E-state index contributed by atoms with van der Waals surface area (Å²) in [4.78, 5) is 44.6. The number of carbonyl (C=O) groups is 3. The van der Waals surface area contributed by atoms with E-state index in [4.69, 9.17) is 0 Å². The van der Waals surface area contributed by atoms with Crippen LogP contribution in [-0.4, -0.2) is 55.8 Å². The third-order valence-corrected chi connectivity index (χ3v) is 10.1. The van der Waals surface area contributed by atoms with Gasteiger partial charge in [-0.2, -0.15) is 5.10 Å². The molecule has 14 heteroatoms. The molecule has 3 amide bonds. The number of alkyl halides is 3. The summed E-state index contributed by atoms with van der Waals surface area (Å²) < 4.78 is 57.5. The Kier molecular flexibility index (Phi) is 12.5. The molecular weight excluding hydrogens is 642 g/mol. The second-order valence-corrected chi connectivity index (χ2v) is 13.3. The molecule has 1 aromatic carbocycles. The lowest BCUT2D eigenvalue weighted by Crippen LogP contribution is -2.53. The largest absolute Gasteiger partial charge is 0.339 e. The van der Waals surface area contributed by atoms with Crippen molar-refractivity contribution >= 4 is 23.4 Å². The molecule has 0 bridgehead atoms. The number of carbonyl (C=O) groups excluding carboxylic acids is 3. The van der Waals surface area contributed by atoms with Crippen molar-refractivity contribution < 1.29 is 31.9 Å². The number of aryl methyl sites for hydroxylation is 2. The van der Waals surface area contributed by atoms with Gasteiger partial charge in [0.25, 0.3) is 12.3 Å². The van der Waals surface area contributed by atoms with E-state index in [0.29, 0.717) is 18.8 Å². The normalized spacial score (nSPS) is 17.9. The third-order valence-electron chi connectivity index (χ3n) is 10.1. The van der Waals surface area contributed by atoms with E-state index in [-0.39, 0.29) is 29.0 Å². The zero-order chi connectivity index (χ0) is 34.9. The van der Waals surface area contributed by atoms with Crippen LogP contribution in [0.15, 0.2) is 49.2 Å². The van der Waals surface area contributed by atoms with Crippen LogP contribution in [0, 0.1) is 23.6 Å². The summed E-state index contributed by atoms with van der Waals surface area (Å²) in [6.07, 6.45) is 10.6. The number of aromatic nitrogens is 4. The maximum Gasteiger partial charge on any atom is 0.287 e. The highest BCUT2D eigenvalue weighted by molar-refractivity contribution is 6.01. The molecule has 2 saturated carbocycles. The zero-order valence-electron chi connectivity index (χ0n) is 27.7. The average Bonchev–Trinajstić information content (AvgIpc) is 3.81. The fraction of sp³-hybridized carbons (Fsp3) is 0.571. The Hall–Kier alpha value is -4.23. The van der Waals surface area contributed by atoms with Gasteiger partial charge in [0.1, 0.15) is 17.6 Å². The molecule has 0 spiro atoms. The van der Waals surface area contributed by atoms with E-state index in [1.165, 1.54) is 25.3 Å². The number of nitrogens with one attached hydrogen (secondary N) is 3. The predicted octanol–water partition coefficient (Wildman–Crippen LogP) is 6.21. The van der Waals surface area contributed by atoms with Crippen molar-refractivity contribution in [3.05, 3.63) is 66.3 Å². The van der Waals surface area contributed by atoms with E-state index < -0.39 is 48.2 Å². The molecule has 3 aromatic rings. The quantitative estimate of drug-likeness (QED) is 0.137. The SMILES string of the molecule is CC(C(=O)NC(F)C(F)F)c1ccc(NC(=O)C(NC(=O)c2ccnn2CCn2ccnc2)C(C2CCCCC2)C2CCCCC2)c(F)c1. The Labute approximate surface area is 283 Å². The van der Waals surface area contributed by atoms with Gasteiger partial charge in [0.2, 0.25) is 18.1 Å². The topological polar surface area (TPSA) is 123 Å². The lowest BCUT2D eigenvalue weighted by Gasteiger charge is -2.42. The molecule has 0 aliphatic heterocycles. The van der Waals surface area contributed by atoms with E-state index in [0.717, 1.165) is 70.3 Å². The first-order chi connectivity index (χ1) is 23.6. The van der Waals surface area contributed by atoms with Gasteiger partial charge in [-0.05, 0) is 48.4 Å². The fourth-order valence-corrected chi connectivity index (χ4v) is 7.44. The number of anilines is 1. The van der Waals surface area contributed by atoms with E-state index in [1.807, 2.05) is 10.8 Å². The van der Waals surface area contributed by atoms with Crippen molar-refractivity contribution in [2.75, 3.05) is 5.32 Å². The second kappa shape index (κ2) is 16.9. The standard InChI is InChI=1S/C35H45F4N7O3/c1-22(33(47)44-32(39)31(37)38)25-12-13-27(26(36)20-25)42-35(49)30(29(23-8-4-2-5-9-23)24-10-6-3-7-11-24)43-34(48)28-14-15-41-46(28)19-18-45-17-16-40-21-45/h12-17,20-24,29-32H,2-11,18-19H2,1H3,(H,42,49)(H,43,48)(H,44,47). The van der Waals surface area contributed by atoms with Gasteiger partial charge in [-0.1, -0.05) is 70.3 Å². The molecular formula is C35H45F4N7O3. The van der Waals surface area contributed by atoms with Crippen LogP contribution in [0.25, 0.3) is 0 Å². The highest BCUT2D eigenvalue weighted by Crippen LogP contribution is 2.42. The summed E-state index contributed by atoms with van der Waals surface area (Å²) in [6.45, 7) is 2.28. The number of amides is 3. The molecule has 3 unspecified atom stereocenters. The Bertz CT molecular complexity index is 1520. The van der Waals surface area contributed by atoms with Crippen LogP contribution in [0.1, 0.15) is 93.1 Å².